The molecule has 1 nitrogen and oxygen atoms in total. The van der Waals surface area contributed by atoms with E-state index in [4.69, 9.17) is 0 Å². The van der Waals surface area contributed by atoms with E-state index >= 15 is 0 Å². The van der Waals surface area contributed by atoms with Crippen LogP contribution >= 0.6 is 0 Å². The van der Waals surface area contributed by atoms with Crippen LogP contribution in [0.1, 0.15) is 40.5 Å². The number of ketones is 1. The van der Waals surface area contributed by atoms with Gasteiger partial charge < -0.3 is 0 Å². The van der Waals surface area contributed by atoms with E-state index in [9.17, 15) is 4.79 Å². The highest BCUT2D eigenvalue weighted by Crippen LogP contribution is 2.43. The highest BCUT2D eigenvalue weighted by molar-refractivity contribution is 6.00. The van der Waals surface area contributed by atoms with Crippen LogP contribution in [-0.2, 0) is 4.79 Å². The van der Waals surface area contributed by atoms with Crippen LogP contribution in [-0.4, -0.2) is 5.78 Å². The fraction of sp³-hybridized carbons (Fsp3) is 0.500. The van der Waals surface area contributed by atoms with Crippen molar-refractivity contribution in [2.45, 2.75) is 40.5 Å². The van der Waals surface area contributed by atoms with Gasteiger partial charge >= 0.3 is 0 Å². The lowest BCUT2D eigenvalue weighted by molar-refractivity contribution is -0.113. The van der Waals surface area contributed by atoms with E-state index in [0.29, 0.717) is 0 Å². The maximum atomic E-state index is 11.6. The van der Waals surface area contributed by atoms with Gasteiger partial charge in [0.25, 0.3) is 0 Å². The summed E-state index contributed by atoms with van der Waals surface area (Å²) in [5, 5.41) is 0. The zero-order valence-electron chi connectivity index (χ0n) is 9.98. The molecule has 0 unspecified atom stereocenters. The molecule has 0 atom stereocenters. The summed E-state index contributed by atoms with van der Waals surface area (Å²) in [6, 6.07) is 0. The van der Waals surface area contributed by atoms with Crippen LogP contribution in [0, 0.1) is 5.41 Å². The molecular weight excluding hydrogens is 184 g/mol. The van der Waals surface area contributed by atoms with Gasteiger partial charge in [-0.3, -0.25) is 4.79 Å². The zero-order chi connectivity index (χ0) is 11.2. The van der Waals surface area contributed by atoms with Crippen LogP contribution in [0.3, 0.4) is 0 Å². The van der Waals surface area contributed by atoms with Crippen molar-refractivity contribution in [3.05, 3.63) is 34.4 Å². The fourth-order valence-electron chi connectivity index (χ4n) is 2.39. The third-order valence-electron chi connectivity index (χ3n) is 3.00. The summed E-state index contributed by atoms with van der Waals surface area (Å²) >= 11 is 0. The summed E-state index contributed by atoms with van der Waals surface area (Å²) in [5.74, 6) is 0.199. The molecule has 0 amide bonds. The summed E-state index contributed by atoms with van der Waals surface area (Å²) in [6.07, 6.45) is 6.72. The molecule has 80 valence electrons. The summed E-state index contributed by atoms with van der Waals surface area (Å²) in [5.41, 5.74) is 4.93. The van der Waals surface area contributed by atoms with E-state index in [1.54, 1.807) is 6.92 Å². The Morgan fingerprint density at radius 2 is 1.87 bits per heavy atom. The van der Waals surface area contributed by atoms with Gasteiger partial charge in [-0.25, -0.2) is 0 Å². The van der Waals surface area contributed by atoms with Gasteiger partial charge in [-0.2, -0.15) is 0 Å². The number of carbonyl (C=O) groups excluding carboxylic acids is 1. The highest BCUT2D eigenvalue weighted by Gasteiger charge is 2.29. The largest absolute Gasteiger partial charge is 0.295 e. The molecule has 0 aromatic heterocycles. The maximum Gasteiger partial charge on any atom is 0.160 e. The van der Waals surface area contributed by atoms with Gasteiger partial charge in [-0.05, 0) is 37.8 Å². The van der Waals surface area contributed by atoms with Gasteiger partial charge in [0.2, 0.25) is 0 Å². The number of carbonyl (C=O) groups is 1. The molecule has 0 N–H and O–H groups in total. The first-order chi connectivity index (χ1) is 6.91. The molecule has 0 saturated heterocycles. The van der Waals surface area contributed by atoms with Crippen molar-refractivity contribution in [3.8, 4) is 0 Å². The van der Waals surface area contributed by atoms with Crippen LogP contribution in [0.4, 0.5) is 0 Å². The first-order valence-corrected chi connectivity index (χ1v) is 5.57. The molecule has 0 radical (unpaired) electrons. The Kier molecular flexibility index (Phi) is 2.22. The van der Waals surface area contributed by atoms with Crippen molar-refractivity contribution in [3.63, 3.8) is 0 Å². The van der Waals surface area contributed by atoms with Crippen molar-refractivity contribution in [1.29, 1.82) is 0 Å². The van der Waals surface area contributed by atoms with Crippen LogP contribution < -0.4 is 0 Å². The van der Waals surface area contributed by atoms with Crippen molar-refractivity contribution in [1.82, 2.24) is 0 Å². The Bertz CT molecular complexity index is 411. The Labute approximate surface area is 91.6 Å². The molecule has 0 spiro atoms. The Morgan fingerprint density at radius 1 is 1.27 bits per heavy atom. The van der Waals surface area contributed by atoms with Gasteiger partial charge in [0.05, 0.1) is 0 Å². The molecule has 1 fully saturated rings. The van der Waals surface area contributed by atoms with Crippen molar-refractivity contribution >= 4 is 5.78 Å². The molecule has 0 heterocycles. The van der Waals surface area contributed by atoms with Gasteiger partial charge in [0.1, 0.15) is 0 Å². The van der Waals surface area contributed by atoms with Gasteiger partial charge in [0, 0.05) is 11.0 Å². The second kappa shape index (κ2) is 3.19. The molecule has 0 aromatic carbocycles. The predicted molar refractivity (Wildman–Crippen MR) is 62.6 cm³/mol. The van der Waals surface area contributed by atoms with E-state index in [1.165, 1.54) is 29.6 Å². The van der Waals surface area contributed by atoms with Crippen LogP contribution in [0.15, 0.2) is 34.4 Å². The third-order valence-corrected chi connectivity index (χ3v) is 3.00. The smallest absolute Gasteiger partial charge is 0.160 e. The molecule has 1 saturated carbocycles. The lowest BCUT2D eigenvalue weighted by Gasteiger charge is -2.26. The van der Waals surface area contributed by atoms with Crippen molar-refractivity contribution in [2.75, 3.05) is 0 Å². The molecular formula is C14H18O. The van der Waals surface area contributed by atoms with Crippen molar-refractivity contribution in [2.24, 2.45) is 5.41 Å². The Balaban J connectivity index is 2.53. The van der Waals surface area contributed by atoms with E-state index in [-0.39, 0.29) is 11.2 Å². The average Bonchev–Trinajstić information content (AvgIpc) is 2.84. The normalized spacial score (nSPS) is 23.5. The van der Waals surface area contributed by atoms with Crippen LogP contribution in [0.2, 0.25) is 0 Å². The third kappa shape index (κ3) is 1.97. The molecule has 2 aliphatic rings. The quantitative estimate of drug-likeness (QED) is 0.635. The van der Waals surface area contributed by atoms with E-state index in [1.807, 2.05) is 0 Å². The van der Waals surface area contributed by atoms with E-state index in [0.717, 1.165) is 5.57 Å². The van der Waals surface area contributed by atoms with Gasteiger partial charge in [0.15, 0.2) is 5.78 Å². The van der Waals surface area contributed by atoms with E-state index < -0.39 is 0 Å². The number of hydrogen-bond donors (Lipinski definition) is 0. The summed E-state index contributed by atoms with van der Waals surface area (Å²) < 4.78 is 0. The lowest BCUT2D eigenvalue weighted by Crippen LogP contribution is -2.16. The molecule has 2 aliphatic carbocycles. The summed E-state index contributed by atoms with van der Waals surface area (Å²) in [6.45, 7) is 8.09. The molecule has 2 rings (SSSR count). The van der Waals surface area contributed by atoms with Gasteiger partial charge in [-0.1, -0.05) is 31.6 Å². The molecule has 1 heteroatoms. The second-order valence-corrected chi connectivity index (χ2v) is 5.24. The average molecular weight is 202 g/mol. The first-order valence-electron chi connectivity index (χ1n) is 5.57. The van der Waals surface area contributed by atoms with E-state index in [2.05, 4.69) is 32.9 Å². The molecule has 0 aliphatic heterocycles. The lowest BCUT2D eigenvalue weighted by atomic mass is 9.78. The minimum atomic E-state index is 0.0179. The number of hydrogen-bond acceptors (Lipinski definition) is 1. The van der Waals surface area contributed by atoms with Gasteiger partial charge in [-0.15, -0.1) is 0 Å². The monoisotopic (exact) mass is 202 g/mol. The Morgan fingerprint density at radius 3 is 2.33 bits per heavy atom. The number of Topliss-reactive ketones (excluding diaryl/α,β-unsaturated/α-hetero) is 1. The standard InChI is InChI=1S/C14H18O/c1-9-7-14(3,4)8-12(10(2)15)13(9)11-5-6-11/h7-8H,5-6H2,1-4H3. The molecule has 0 bridgehead atoms. The fourth-order valence-corrected chi connectivity index (χ4v) is 2.39. The minimum Gasteiger partial charge on any atom is -0.295 e. The van der Waals surface area contributed by atoms with Crippen molar-refractivity contribution < 1.29 is 4.79 Å². The van der Waals surface area contributed by atoms with Crippen LogP contribution in [0.5, 0.6) is 0 Å². The topological polar surface area (TPSA) is 17.1 Å². The SMILES string of the molecule is CC(=O)C1=CC(C)(C)C=C(C)C1=C1CC1. The minimum absolute atomic E-state index is 0.0179. The number of allylic oxidation sites excluding steroid dienone is 6. The second-order valence-electron chi connectivity index (χ2n) is 5.24. The Hall–Kier alpha value is -1.11. The molecule has 15 heavy (non-hydrogen) atoms. The summed E-state index contributed by atoms with van der Waals surface area (Å²) in [7, 11) is 0. The van der Waals surface area contributed by atoms with Crippen LogP contribution in [0.25, 0.3) is 0 Å². The summed E-state index contributed by atoms with van der Waals surface area (Å²) in [4.78, 5) is 11.6. The highest BCUT2D eigenvalue weighted by atomic mass is 16.1. The predicted octanol–water partition coefficient (Wildman–Crippen LogP) is 3.58. The molecule has 0 aromatic rings. The number of rotatable bonds is 1. The zero-order valence-corrected chi connectivity index (χ0v) is 9.98. The maximum absolute atomic E-state index is 11.6. The first kappa shape index (κ1) is 10.4.